The van der Waals surface area contributed by atoms with Gasteiger partial charge in [-0.2, -0.15) is 13.2 Å². The maximum atomic E-state index is 12.9. The van der Waals surface area contributed by atoms with Crippen LogP contribution in [-0.4, -0.2) is 24.3 Å². The molecule has 8 heteroatoms. The van der Waals surface area contributed by atoms with E-state index in [1.165, 1.54) is 24.3 Å². The molecule has 0 radical (unpaired) electrons. The highest BCUT2D eigenvalue weighted by molar-refractivity contribution is 7.90. The van der Waals surface area contributed by atoms with E-state index in [1.54, 1.807) is 32.0 Å². The van der Waals surface area contributed by atoms with Gasteiger partial charge in [-0.3, -0.25) is 4.79 Å². The van der Waals surface area contributed by atoms with E-state index < -0.39 is 27.5 Å². The van der Waals surface area contributed by atoms with Crippen LogP contribution in [0.15, 0.2) is 53.6 Å². The van der Waals surface area contributed by atoms with E-state index in [0.29, 0.717) is 5.56 Å². The highest BCUT2D eigenvalue weighted by atomic mass is 32.2. The molecule has 0 saturated heterocycles. The fourth-order valence-electron chi connectivity index (χ4n) is 2.67. The maximum Gasteiger partial charge on any atom is 0.454 e. The molecule has 136 valence electrons. The van der Waals surface area contributed by atoms with Gasteiger partial charge in [-0.15, -0.1) is 0 Å². The van der Waals surface area contributed by atoms with E-state index in [4.69, 9.17) is 0 Å². The van der Waals surface area contributed by atoms with Crippen LogP contribution in [0.3, 0.4) is 0 Å². The molecule has 0 amide bonds. The van der Waals surface area contributed by atoms with Crippen molar-refractivity contribution in [2.75, 3.05) is 0 Å². The maximum absolute atomic E-state index is 12.9. The lowest BCUT2D eigenvalue weighted by atomic mass is 10.1. The fourth-order valence-corrected chi connectivity index (χ4v) is 4.04. The molecule has 0 aliphatic rings. The third-order valence-corrected chi connectivity index (χ3v) is 5.69. The van der Waals surface area contributed by atoms with Crippen molar-refractivity contribution < 1.29 is 26.4 Å². The van der Waals surface area contributed by atoms with E-state index in [0.717, 1.165) is 15.7 Å². The Kier molecular flexibility index (Phi) is 4.18. The lowest BCUT2D eigenvalue weighted by Crippen LogP contribution is -2.22. The summed E-state index contributed by atoms with van der Waals surface area (Å²) < 4.78 is 65.3. The van der Waals surface area contributed by atoms with Crippen LogP contribution in [0.1, 0.15) is 21.5 Å². The van der Waals surface area contributed by atoms with Crippen molar-refractivity contribution in [2.45, 2.75) is 24.9 Å². The van der Waals surface area contributed by atoms with Gasteiger partial charge in [-0.1, -0.05) is 29.3 Å². The number of halogens is 3. The average Bonchev–Trinajstić information content (AvgIpc) is 2.92. The molecule has 0 spiro atoms. The van der Waals surface area contributed by atoms with Crippen molar-refractivity contribution >= 4 is 26.7 Å². The van der Waals surface area contributed by atoms with Gasteiger partial charge in [-0.05, 0) is 38.1 Å². The molecule has 0 atom stereocenters. The predicted octanol–water partition coefficient (Wildman–Crippen LogP) is 4.24. The number of rotatable bonds is 3. The molecule has 0 aliphatic heterocycles. The van der Waals surface area contributed by atoms with Crippen molar-refractivity contribution in [3.05, 3.63) is 65.4 Å². The van der Waals surface area contributed by atoms with Crippen LogP contribution >= 0.6 is 0 Å². The first-order valence-electron chi connectivity index (χ1n) is 7.57. The summed E-state index contributed by atoms with van der Waals surface area (Å²) in [5.41, 5.74) is 0.778. The van der Waals surface area contributed by atoms with E-state index in [1.807, 2.05) is 0 Å². The Morgan fingerprint density at radius 1 is 0.962 bits per heavy atom. The van der Waals surface area contributed by atoms with Crippen molar-refractivity contribution in [2.24, 2.45) is 0 Å². The smallest absolute Gasteiger partial charge is 0.284 e. The second-order valence-corrected chi connectivity index (χ2v) is 7.82. The number of aryl methyl sites for hydroxylation is 2. The Balaban J connectivity index is 2.31. The van der Waals surface area contributed by atoms with E-state index in [9.17, 15) is 26.4 Å². The highest BCUT2D eigenvalue weighted by Gasteiger charge is 2.41. The molecule has 0 N–H and O–H groups in total. The molecule has 0 unspecified atom stereocenters. The third-order valence-electron chi connectivity index (χ3n) is 4.01. The summed E-state index contributed by atoms with van der Waals surface area (Å²) >= 11 is 0. The summed E-state index contributed by atoms with van der Waals surface area (Å²) in [5, 5.41) is -0.0528. The zero-order valence-corrected chi connectivity index (χ0v) is 14.6. The summed E-state index contributed by atoms with van der Waals surface area (Å²) in [7, 11) is -4.16. The predicted molar refractivity (Wildman–Crippen MR) is 90.8 cm³/mol. The van der Waals surface area contributed by atoms with E-state index in [-0.39, 0.29) is 15.8 Å². The number of aromatic nitrogens is 1. The van der Waals surface area contributed by atoms with Gasteiger partial charge >= 0.3 is 6.18 Å². The van der Waals surface area contributed by atoms with Crippen LogP contribution < -0.4 is 0 Å². The van der Waals surface area contributed by atoms with Gasteiger partial charge in [0, 0.05) is 11.6 Å². The van der Waals surface area contributed by atoms with Crippen molar-refractivity contribution in [3.63, 3.8) is 0 Å². The molecule has 3 rings (SSSR count). The molecular formula is C18H14F3NO3S. The molecule has 26 heavy (non-hydrogen) atoms. The topological polar surface area (TPSA) is 56.1 Å². The van der Waals surface area contributed by atoms with E-state index in [2.05, 4.69) is 0 Å². The number of Topliss-reactive ketones (excluding diaryl/α,β-unsaturated/α-hetero) is 1. The number of hydrogen-bond acceptors (Lipinski definition) is 3. The average molecular weight is 381 g/mol. The normalized spacial score (nSPS) is 12.5. The van der Waals surface area contributed by atoms with Crippen molar-refractivity contribution in [3.8, 4) is 0 Å². The van der Waals surface area contributed by atoms with Gasteiger partial charge in [0.1, 0.15) is 0 Å². The third kappa shape index (κ3) is 3.01. The van der Waals surface area contributed by atoms with Crippen LogP contribution in [0.5, 0.6) is 0 Å². The molecule has 3 aromatic rings. The van der Waals surface area contributed by atoms with Crippen LogP contribution in [0, 0.1) is 13.8 Å². The number of carbonyl (C=O) groups excluding carboxylic acids is 1. The zero-order chi connectivity index (χ0) is 19.3. The van der Waals surface area contributed by atoms with Gasteiger partial charge in [-0.25, -0.2) is 12.4 Å². The lowest BCUT2D eigenvalue weighted by molar-refractivity contribution is -0.0884. The number of nitrogens with zero attached hydrogens (tertiary/aromatic N) is 1. The zero-order valence-electron chi connectivity index (χ0n) is 13.8. The van der Waals surface area contributed by atoms with Gasteiger partial charge in [0.2, 0.25) is 0 Å². The minimum atomic E-state index is -5.10. The molecule has 0 aliphatic carbocycles. The molecule has 2 aromatic carbocycles. The molecular weight excluding hydrogens is 367 g/mol. The minimum absolute atomic E-state index is 0.0174. The van der Waals surface area contributed by atoms with Crippen molar-refractivity contribution in [1.82, 2.24) is 3.97 Å². The number of hydrogen-bond donors (Lipinski definition) is 0. The number of carbonyl (C=O) groups is 1. The largest absolute Gasteiger partial charge is 0.454 e. The summed E-state index contributed by atoms with van der Waals surface area (Å²) in [5.74, 6) is -2.08. The number of alkyl halides is 3. The minimum Gasteiger partial charge on any atom is -0.284 e. The molecule has 1 aromatic heterocycles. The first-order valence-corrected chi connectivity index (χ1v) is 9.01. The Bertz CT molecular complexity index is 1110. The second kappa shape index (κ2) is 5.98. The number of fused-ring (bicyclic) bond motifs is 1. The molecule has 4 nitrogen and oxygen atoms in total. The van der Waals surface area contributed by atoms with Crippen LogP contribution in [-0.2, 0) is 10.0 Å². The Morgan fingerprint density at radius 3 is 2.12 bits per heavy atom. The Labute approximate surface area is 147 Å². The Hall–Kier alpha value is -2.61. The number of benzene rings is 2. The first-order chi connectivity index (χ1) is 12.0. The second-order valence-electron chi connectivity index (χ2n) is 6.00. The lowest BCUT2D eigenvalue weighted by Gasteiger charge is -2.08. The van der Waals surface area contributed by atoms with Crippen LogP contribution in [0.4, 0.5) is 13.2 Å². The standard InChI is InChI=1S/C18H14F3NO3S/c1-11-3-6-13(7-4-11)26(24,25)22-10-15(17(23)18(19,20)21)14-9-12(2)5-8-16(14)22/h3-10H,1-2H3. The molecule has 1 heterocycles. The van der Waals surface area contributed by atoms with Gasteiger partial charge in [0.05, 0.1) is 16.0 Å². The monoisotopic (exact) mass is 381 g/mol. The SMILES string of the molecule is Cc1ccc(S(=O)(=O)n2cc(C(=O)C(F)(F)F)c3cc(C)ccc32)cc1. The van der Waals surface area contributed by atoms with Gasteiger partial charge < -0.3 is 0 Å². The molecule has 0 saturated carbocycles. The number of ketones is 1. The van der Waals surface area contributed by atoms with Crippen molar-refractivity contribution in [1.29, 1.82) is 0 Å². The van der Waals surface area contributed by atoms with Crippen LogP contribution in [0.2, 0.25) is 0 Å². The molecule has 0 bridgehead atoms. The molecule has 0 fully saturated rings. The van der Waals surface area contributed by atoms with E-state index >= 15 is 0 Å². The quantitative estimate of drug-likeness (QED) is 0.638. The van der Waals surface area contributed by atoms with Crippen LogP contribution in [0.25, 0.3) is 10.9 Å². The van der Waals surface area contributed by atoms with Gasteiger partial charge in [0.15, 0.2) is 0 Å². The first kappa shape index (κ1) is 18.2. The summed E-state index contributed by atoms with van der Waals surface area (Å²) in [6.07, 6.45) is -4.36. The summed E-state index contributed by atoms with van der Waals surface area (Å²) in [6.45, 7) is 3.43. The summed E-state index contributed by atoms with van der Waals surface area (Å²) in [6, 6.07) is 10.3. The highest BCUT2D eigenvalue weighted by Crippen LogP contribution is 2.31. The fraction of sp³-hybridized carbons (Fsp3) is 0.167. The summed E-state index contributed by atoms with van der Waals surface area (Å²) in [4.78, 5) is 11.7. The Morgan fingerprint density at radius 2 is 1.54 bits per heavy atom. The van der Waals surface area contributed by atoms with Gasteiger partial charge in [0.25, 0.3) is 15.8 Å².